The molecule has 0 aromatic rings. The number of hydrogen-bond acceptors (Lipinski definition) is 4. The third kappa shape index (κ3) is 4.49. The molecule has 1 rings (SSSR count). The molecule has 5 heteroatoms. The number of methoxy groups -OCH3 is 1. The first-order valence-electron chi connectivity index (χ1n) is 6.94. The molecule has 19 heavy (non-hydrogen) atoms. The number of carbonyl (C=O) groups is 2. The minimum atomic E-state index is -0.801. The number of esters is 1. The van der Waals surface area contributed by atoms with Crippen LogP contribution in [-0.4, -0.2) is 42.5 Å². The summed E-state index contributed by atoms with van der Waals surface area (Å²) >= 11 is 0. The topological polar surface area (TPSA) is 72.6 Å². The Labute approximate surface area is 115 Å². The predicted octanol–water partition coefficient (Wildman–Crippen LogP) is 1.16. The molecular formula is C14H26N2O3. The molecule has 1 unspecified atom stereocenters. The van der Waals surface area contributed by atoms with E-state index in [4.69, 9.17) is 5.73 Å². The van der Waals surface area contributed by atoms with Gasteiger partial charge in [-0.2, -0.15) is 0 Å². The quantitative estimate of drug-likeness (QED) is 0.705. The van der Waals surface area contributed by atoms with Crippen LogP contribution in [0.2, 0.25) is 0 Å². The van der Waals surface area contributed by atoms with E-state index in [-0.39, 0.29) is 24.2 Å². The number of ether oxygens (including phenoxy) is 1. The Bertz CT molecular complexity index is 336. The predicted molar refractivity (Wildman–Crippen MR) is 73.4 cm³/mol. The van der Waals surface area contributed by atoms with E-state index in [1.807, 2.05) is 13.8 Å². The van der Waals surface area contributed by atoms with Crippen molar-refractivity contribution in [3.8, 4) is 0 Å². The van der Waals surface area contributed by atoms with Crippen molar-refractivity contribution in [2.75, 3.05) is 20.2 Å². The van der Waals surface area contributed by atoms with E-state index in [1.54, 1.807) is 11.8 Å². The zero-order valence-corrected chi connectivity index (χ0v) is 12.4. The molecule has 0 radical (unpaired) electrons. The molecule has 0 aromatic heterocycles. The number of hydrogen-bond donors (Lipinski definition) is 1. The molecule has 0 spiro atoms. The maximum absolute atomic E-state index is 12.5. The van der Waals surface area contributed by atoms with Gasteiger partial charge in [-0.3, -0.25) is 9.59 Å². The number of amides is 1. The van der Waals surface area contributed by atoms with Gasteiger partial charge < -0.3 is 15.4 Å². The van der Waals surface area contributed by atoms with Crippen LogP contribution in [0.15, 0.2) is 0 Å². The van der Waals surface area contributed by atoms with Crippen LogP contribution in [0.4, 0.5) is 0 Å². The van der Waals surface area contributed by atoms with Crippen molar-refractivity contribution in [2.45, 2.75) is 45.6 Å². The second kappa shape index (κ2) is 6.37. The average Bonchev–Trinajstić information content (AvgIpc) is 3.16. The van der Waals surface area contributed by atoms with Crippen molar-refractivity contribution in [3.63, 3.8) is 0 Å². The van der Waals surface area contributed by atoms with Gasteiger partial charge in [0.05, 0.1) is 19.1 Å². The average molecular weight is 270 g/mol. The molecular weight excluding hydrogens is 244 g/mol. The van der Waals surface area contributed by atoms with E-state index < -0.39 is 5.54 Å². The van der Waals surface area contributed by atoms with Gasteiger partial charge in [-0.05, 0) is 31.6 Å². The van der Waals surface area contributed by atoms with Crippen LogP contribution in [0.5, 0.6) is 0 Å². The molecule has 0 saturated heterocycles. The number of nitrogens with zero attached hydrogens (tertiary/aromatic N) is 1. The largest absolute Gasteiger partial charge is 0.469 e. The SMILES string of the molecule is COC(=O)CCN(CC(C)C)C(=O)C(C)(N)C1CC1. The lowest BCUT2D eigenvalue weighted by Gasteiger charge is -2.33. The fourth-order valence-electron chi connectivity index (χ4n) is 2.24. The lowest BCUT2D eigenvalue weighted by atomic mass is 9.94. The van der Waals surface area contributed by atoms with Crippen LogP contribution in [0.25, 0.3) is 0 Å². The molecule has 110 valence electrons. The van der Waals surface area contributed by atoms with Gasteiger partial charge >= 0.3 is 5.97 Å². The molecule has 1 fully saturated rings. The van der Waals surface area contributed by atoms with Crippen molar-refractivity contribution in [2.24, 2.45) is 17.6 Å². The lowest BCUT2D eigenvalue weighted by Crippen LogP contribution is -2.55. The molecule has 1 aliphatic rings. The first-order chi connectivity index (χ1) is 8.78. The highest BCUT2D eigenvalue weighted by Crippen LogP contribution is 2.39. The molecule has 0 heterocycles. The van der Waals surface area contributed by atoms with Crippen LogP contribution >= 0.6 is 0 Å². The first-order valence-corrected chi connectivity index (χ1v) is 6.94. The third-order valence-corrected chi connectivity index (χ3v) is 3.57. The van der Waals surface area contributed by atoms with Gasteiger partial charge in [0.15, 0.2) is 0 Å². The van der Waals surface area contributed by atoms with Gasteiger partial charge in [-0.25, -0.2) is 0 Å². The fraction of sp³-hybridized carbons (Fsp3) is 0.857. The minimum Gasteiger partial charge on any atom is -0.469 e. The molecule has 0 aliphatic heterocycles. The third-order valence-electron chi connectivity index (χ3n) is 3.57. The summed E-state index contributed by atoms with van der Waals surface area (Å²) in [5.41, 5.74) is 5.37. The van der Waals surface area contributed by atoms with E-state index >= 15 is 0 Å². The van der Waals surface area contributed by atoms with Crippen molar-refractivity contribution < 1.29 is 14.3 Å². The highest BCUT2D eigenvalue weighted by atomic mass is 16.5. The zero-order chi connectivity index (χ0) is 14.6. The second-order valence-electron chi connectivity index (χ2n) is 6.03. The van der Waals surface area contributed by atoms with Crippen LogP contribution in [0, 0.1) is 11.8 Å². The maximum atomic E-state index is 12.5. The molecule has 1 amide bonds. The molecule has 2 N–H and O–H groups in total. The monoisotopic (exact) mass is 270 g/mol. The summed E-state index contributed by atoms with van der Waals surface area (Å²) in [6.45, 7) is 6.89. The first kappa shape index (κ1) is 16.0. The zero-order valence-electron chi connectivity index (χ0n) is 12.4. The summed E-state index contributed by atoms with van der Waals surface area (Å²) in [7, 11) is 1.36. The van der Waals surface area contributed by atoms with Crippen LogP contribution in [0.3, 0.4) is 0 Å². The highest BCUT2D eigenvalue weighted by Gasteiger charge is 2.45. The van der Waals surface area contributed by atoms with Crippen molar-refractivity contribution in [1.82, 2.24) is 4.90 Å². The van der Waals surface area contributed by atoms with Gasteiger partial charge in [-0.15, -0.1) is 0 Å². The van der Waals surface area contributed by atoms with Crippen molar-refractivity contribution in [1.29, 1.82) is 0 Å². The second-order valence-corrected chi connectivity index (χ2v) is 6.03. The Kier molecular flexibility index (Phi) is 5.35. The van der Waals surface area contributed by atoms with E-state index in [0.29, 0.717) is 19.0 Å². The minimum absolute atomic E-state index is 0.0485. The van der Waals surface area contributed by atoms with Crippen LogP contribution in [-0.2, 0) is 14.3 Å². The van der Waals surface area contributed by atoms with E-state index in [9.17, 15) is 9.59 Å². The Morgan fingerprint density at radius 2 is 2.00 bits per heavy atom. The molecule has 0 bridgehead atoms. The standard InChI is InChI=1S/C14H26N2O3/c1-10(2)9-16(8-7-12(17)19-4)13(18)14(3,15)11-5-6-11/h10-11H,5-9,15H2,1-4H3. The smallest absolute Gasteiger partial charge is 0.307 e. The lowest BCUT2D eigenvalue weighted by molar-refractivity contribution is -0.143. The van der Waals surface area contributed by atoms with Crippen LogP contribution in [0.1, 0.15) is 40.0 Å². The van der Waals surface area contributed by atoms with E-state index in [2.05, 4.69) is 4.74 Å². The number of carbonyl (C=O) groups excluding carboxylic acids is 2. The molecule has 5 nitrogen and oxygen atoms in total. The van der Waals surface area contributed by atoms with Crippen molar-refractivity contribution in [3.05, 3.63) is 0 Å². The summed E-state index contributed by atoms with van der Waals surface area (Å²) in [6.07, 6.45) is 2.26. The fourth-order valence-corrected chi connectivity index (χ4v) is 2.24. The number of nitrogens with two attached hydrogens (primary N) is 1. The van der Waals surface area contributed by atoms with E-state index in [0.717, 1.165) is 12.8 Å². The Morgan fingerprint density at radius 3 is 2.42 bits per heavy atom. The summed E-state index contributed by atoms with van der Waals surface area (Å²) in [4.78, 5) is 25.5. The summed E-state index contributed by atoms with van der Waals surface area (Å²) in [5, 5.41) is 0. The molecule has 1 atom stereocenters. The van der Waals surface area contributed by atoms with Gasteiger partial charge in [0.1, 0.15) is 0 Å². The summed E-state index contributed by atoms with van der Waals surface area (Å²) in [5.74, 6) is 0.281. The summed E-state index contributed by atoms with van der Waals surface area (Å²) in [6, 6.07) is 0. The van der Waals surface area contributed by atoms with Gasteiger partial charge in [0.2, 0.25) is 5.91 Å². The Morgan fingerprint density at radius 1 is 1.42 bits per heavy atom. The Balaban J connectivity index is 2.66. The van der Waals surface area contributed by atoms with Gasteiger partial charge in [0.25, 0.3) is 0 Å². The normalized spacial score (nSPS) is 18.0. The summed E-state index contributed by atoms with van der Waals surface area (Å²) < 4.78 is 4.62. The van der Waals surface area contributed by atoms with E-state index in [1.165, 1.54) is 7.11 Å². The van der Waals surface area contributed by atoms with Gasteiger partial charge in [0, 0.05) is 13.1 Å². The molecule has 0 aromatic carbocycles. The van der Waals surface area contributed by atoms with Gasteiger partial charge in [-0.1, -0.05) is 13.8 Å². The molecule has 1 aliphatic carbocycles. The van der Waals surface area contributed by atoms with Crippen molar-refractivity contribution >= 4 is 11.9 Å². The Hall–Kier alpha value is -1.10. The maximum Gasteiger partial charge on any atom is 0.307 e. The number of rotatable bonds is 7. The highest BCUT2D eigenvalue weighted by molar-refractivity contribution is 5.87. The van der Waals surface area contributed by atoms with Crippen LogP contribution < -0.4 is 5.73 Å². The molecule has 1 saturated carbocycles.